The third kappa shape index (κ3) is 6.96. The Kier molecular flexibility index (Phi) is 9.24. The number of aliphatic hydroxyl groups excluding tert-OH is 1. The fourth-order valence-corrected chi connectivity index (χ4v) is 5.53. The molecule has 0 saturated carbocycles. The monoisotopic (exact) mass is 583 g/mol. The lowest BCUT2D eigenvalue weighted by atomic mass is 10.0. The number of rotatable bonds is 13. The zero-order valence-corrected chi connectivity index (χ0v) is 24.9. The van der Waals surface area contributed by atoms with Crippen LogP contribution >= 0.6 is 0 Å². The van der Waals surface area contributed by atoms with Gasteiger partial charge < -0.3 is 23.9 Å². The zero-order chi connectivity index (χ0) is 30.1. The fraction of sp³-hybridized carbons (Fsp3) is 0.179. The third-order valence-electron chi connectivity index (χ3n) is 7.70. The second-order valence-electron chi connectivity index (χ2n) is 10.8. The molecule has 0 aliphatic heterocycles. The van der Waals surface area contributed by atoms with Gasteiger partial charge in [-0.05, 0) is 83.3 Å². The predicted octanol–water partition coefficient (Wildman–Crippen LogP) is 8.47. The van der Waals surface area contributed by atoms with E-state index in [9.17, 15) is 5.11 Å². The summed E-state index contributed by atoms with van der Waals surface area (Å²) in [6, 6.07) is 44.4. The number of aromatic nitrogens is 1. The van der Waals surface area contributed by atoms with Gasteiger partial charge in [-0.3, -0.25) is 0 Å². The number of nitrogens with zero attached hydrogens (tertiary/aromatic N) is 1. The molecule has 5 heteroatoms. The number of para-hydroxylation sites is 1. The molecule has 0 amide bonds. The van der Waals surface area contributed by atoms with E-state index < -0.39 is 6.10 Å². The third-order valence-corrected chi connectivity index (χ3v) is 7.70. The molecular formula is C39H37NO4. The number of fused-ring (bicyclic) bond motifs is 1. The van der Waals surface area contributed by atoms with E-state index in [1.165, 1.54) is 5.56 Å². The standard InChI is InChI=1S/C39H37NO4/c1-2-36-37-24-35(43-27-30-14-8-4-9-15-30)22-23-38(37)40(25-32(41)28-44-33-16-10-5-11-17-33)39(36)31-18-20-34(21-19-31)42-26-29-12-6-3-7-13-29/h3-24,32,41H,2,25-28H2,1H3. The van der Waals surface area contributed by atoms with Crippen molar-refractivity contribution in [1.29, 1.82) is 0 Å². The van der Waals surface area contributed by atoms with Gasteiger partial charge in [-0.1, -0.05) is 85.8 Å². The molecule has 1 heterocycles. The summed E-state index contributed by atoms with van der Waals surface area (Å²) in [5.74, 6) is 2.37. The number of aliphatic hydroxyl groups is 1. The quantitative estimate of drug-likeness (QED) is 0.148. The molecule has 0 bridgehead atoms. The van der Waals surface area contributed by atoms with E-state index in [0.29, 0.717) is 19.8 Å². The van der Waals surface area contributed by atoms with Gasteiger partial charge in [0.25, 0.3) is 0 Å². The molecule has 0 spiro atoms. The Labute approximate surface area is 258 Å². The Morgan fingerprint density at radius 1 is 0.614 bits per heavy atom. The Morgan fingerprint density at radius 3 is 1.77 bits per heavy atom. The number of aryl methyl sites for hydroxylation is 1. The molecule has 0 radical (unpaired) electrons. The van der Waals surface area contributed by atoms with Crippen LogP contribution in [0.15, 0.2) is 133 Å². The van der Waals surface area contributed by atoms with Crippen LogP contribution in [0.4, 0.5) is 0 Å². The van der Waals surface area contributed by atoms with Crippen LogP contribution in [-0.2, 0) is 26.2 Å². The summed E-state index contributed by atoms with van der Waals surface area (Å²) in [7, 11) is 0. The van der Waals surface area contributed by atoms with Gasteiger partial charge in [0.1, 0.15) is 43.2 Å². The predicted molar refractivity (Wildman–Crippen MR) is 176 cm³/mol. The van der Waals surface area contributed by atoms with Crippen molar-refractivity contribution in [2.24, 2.45) is 0 Å². The molecular weight excluding hydrogens is 546 g/mol. The summed E-state index contributed by atoms with van der Waals surface area (Å²) in [4.78, 5) is 0. The molecule has 44 heavy (non-hydrogen) atoms. The summed E-state index contributed by atoms with van der Waals surface area (Å²) < 4.78 is 20.4. The van der Waals surface area contributed by atoms with Crippen LogP contribution < -0.4 is 14.2 Å². The fourth-order valence-electron chi connectivity index (χ4n) is 5.53. The topological polar surface area (TPSA) is 52.9 Å². The normalized spacial score (nSPS) is 11.8. The number of benzene rings is 5. The van der Waals surface area contributed by atoms with E-state index in [0.717, 1.165) is 57.0 Å². The molecule has 222 valence electrons. The lowest BCUT2D eigenvalue weighted by molar-refractivity contribution is 0.0939. The van der Waals surface area contributed by atoms with Gasteiger partial charge in [-0.25, -0.2) is 0 Å². The molecule has 1 atom stereocenters. The molecule has 0 aliphatic carbocycles. The SMILES string of the molecule is CCc1c(-c2ccc(OCc3ccccc3)cc2)n(CC(O)COc2ccccc2)c2ccc(OCc3ccccc3)cc12. The smallest absolute Gasteiger partial charge is 0.120 e. The highest BCUT2D eigenvalue weighted by atomic mass is 16.5. The number of hydrogen-bond acceptors (Lipinski definition) is 4. The lowest BCUT2D eigenvalue weighted by Crippen LogP contribution is -2.24. The van der Waals surface area contributed by atoms with Gasteiger partial charge in [0.2, 0.25) is 0 Å². The van der Waals surface area contributed by atoms with Crippen molar-refractivity contribution in [2.45, 2.75) is 39.2 Å². The molecule has 1 unspecified atom stereocenters. The molecule has 6 rings (SSSR count). The Balaban J connectivity index is 1.30. The Morgan fingerprint density at radius 2 is 1.16 bits per heavy atom. The van der Waals surface area contributed by atoms with Crippen LogP contribution in [0.3, 0.4) is 0 Å². The summed E-state index contributed by atoms with van der Waals surface area (Å²) in [5.41, 5.74) is 6.65. The van der Waals surface area contributed by atoms with Crippen molar-refractivity contribution in [3.63, 3.8) is 0 Å². The van der Waals surface area contributed by atoms with Gasteiger partial charge in [0.15, 0.2) is 0 Å². The van der Waals surface area contributed by atoms with Crippen LogP contribution in [0.2, 0.25) is 0 Å². The first-order valence-electron chi connectivity index (χ1n) is 15.1. The van der Waals surface area contributed by atoms with E-state index in [1.54, 1.807) is 0 Å². The molecule has 5 aromatic carbocycles. The molecule has 6 aromatic rings. The van der Waals surface area contributed by atoms with Crippen LogP contribution in [0.5, 0.6) is 17.2 Å². The maximum atomic E-state index is 11.2. The van der Waals surface area contributed by atoms with Gasteiger partial charge in [-0.15, -0.1) is 0 Å². The van der Waals surface area contributed by atoms with Crippen LogP contribution in [-0.4, -0.2) is 22.4 Å². The largest absolute Gasteiger partial charge is 0.491 e. The maximum Gasteiger partial charge on any atom is 0.120 e. The van der Waals surface area contributed by atoms with E-state index >= 15 is 0 Å². The maximum absolute atomic E-state index is 11.2. The first-order chi connectivity index (χ1) is 21.7. The summed E-state index contributed by atoms with van der Waals surface area (Å²) >= 11 is 0. The van der Waals surface area contributed by atoms with Crippen molar-refractivity contribution < 1.29 is 19.3 Å². The molecule has 0 aliphatic rings. The lowest BCUT2D eigenvalue weighted by Gasteiger charge is -2.18. The number of ether oxygens (including phenoxy) is 3. The average molecular weight is 584 g/mol. The Bertz CT molecular complexity index is 1760. The van der Waals surface area contributed by atoms with Crippen molar-refractivity contribution in [3.05, 3.63) is 150 Å². The first kappa shape index (κ1) is 29.1. The zero-order valence-electron chi connectivity index (χ0n) is 24.9. The molecule has 5 nitrogen and oxygen atoms in total. The summed E-state index contributed by atoms with van der Waals surface area (Å²) in [6.45, 7) is 3.76. The summed E-state index contributed by atoms with van der Waals surface area (Å²) in [6.07, 6.45) is 0.112. The first-order valence-corrected chi connectivity index (χ1v) is 15.1. The van der Waals surface area contributed by atoms with Gasteiger partial charge in [0.05, 0.1) is 12.2 Å². The van der Waals surface area contributed by atoms with Crippen molar-refractivity contribution >= 4 is 10.9 Å². The second kappa shape index (κ2) is 14.0. The van der Waals surface area contributed by atoms with Crippen LogP contribution in [0.25, 0.3) is 22.2 Å². The van der Waals surface area contributed by atoms with Crippen LogP contribution in [0, 0.1) is 0 Å². The van der Waals surface area contributed by atoms with E-state index in [4.69, 9.17) is 14.2 Å². The highest BCUT2D eigenvalue weighted by molar-refractivity contribution is 5.93. The van der Waals surface area contributed by atoms with Crippen LogP contribution in [0.1, 0.15) is 23.6 Å². The van der Waals surface area contributed by atoms with Crippen molar-refractivity contribution in [1.82, 2.24) is 4.57 Å². The molecule has 0 saturated heterocycles. The van der Waals surface area contributed by atoms with Crippen molar-refractivity contribution in [2.75, 3.05) is 6.61 Å². The molecule has 1 N–H and O–H groups in total. The molecule has 0 fully saturated rings. The van der Waals surface area contributed by atoms with Crippen molar-refractivity contribution in [3.8, 4) is 28.5 Å². The molecule has 1 aromatic heterocycles. The number of hydrogen-bond donors (Lipinski definition) is 1. The Hall–Kier alpha value is -5.00. The second-order valence-corrected chi connectivity index (χ2v) is 10.8. The van der Waals surface area contributed by atoms with Gasteiger partial charge in [-0.2, -0.15) is 0 Å². The van der Waals surface area contributed by atoms with E-state index in [2.05, 4.69) is 60.0 Å². The highest BCUT2D eigenvalue weighted by Crippen LogP contribution is 2.37. The average Bonchev–Trinajstić information content (AvgIpc) is 3.39. The minimum atomic E-state index is -0.711. The highest BCUT2D eigenvalue weighted by Gasteiger charge is 2.21. The van der Waals surface area contributed by atoms with E-state index in [1.807, 2.05) is 84.9 Å². The van der Waals surface area contributed by atoms with Gasteiger partial charge >= 0.3 is 0 Å². The summed E-state index contributed by atoms with van der Waals surface area (Å²) in [5, 5.41) is 12.3. The minimum Gasteiger partial charge on any atom is -0.491 e. The minimum absolute atomic E-state index is 0.190. The van der Waals surface area contributed by atoms with Gasteiger partial charge in [0, 0.05) is 10.9 Å². The van der Waals surface area contributed by atoms with E-state index in [-0.39, 0.29) is 6.61 Å².